The van der Waals surface area contributed by atoms with Gasteiger partial charge in [-0.05, 0) is 38.3 Å². The molecule has 1 saturated carbocycles. The minimum absolute atomic E-state index is 0.380. The lowest BCUT2D eigenvalue weighted by Crippen LogP contribution is -2.60. The summed E-state index contributed by atoms with van der Waals surface area (Å²) in [6, 6.07) is 11.3. The fraction of sp³-hybridized carbons (Fsp3) is 0.600. The molecule has 2 atom stereocenters. The minimum atomic E-state index is 0.380. The maximum absolute atomic E-state index is 3.74. The van der Waals surface area contributed by atoms with Crippen molar-refractivity contribution in [3.05, 3.63) is 35.9 Å². The first-order valence-corrected chi connectivity index (χ1v) is 6.70. The average molecular weight is 230 g/mol. The molecule has 2 heteroatoms. The third-order valence-electron chi connectivity index (χ3n) is 4.69. The molecule has 3 rings (SSSR count). The Morgan fingerprint density at radius 1 is 1.24 bits per heavy atom. The molecule has 1 aliphatic carbocycles. The van der Waals surface area contributed by atoms with E-state index in [2.05, 4.69) is 54.5 Å². The molecule has 1 N–H and O–H groups in total. The number of likely N-dealkylation sites (N-methyl/N-ethyl adjacent to an activating group) is 1. The number of hydrogen-bond donors (Lipinski definition) is 1. The molecule has 1 aromatic carbocycles. The highest BCUT2D eigenvalue weighted by Crippen LogP contribution is 2.44. The molecule has 0 radical (unpaired) electrons. The summed E-state index contributed by atoms with van der Waals surface area (Å²) in [4.78, 5) is 2.57. The van der Waals surface area contributed by atoms with E-state index in [0.29, 0.717) is 11.6 Å². The molecule has 1 saturated heterocycles. The number of benzene rings is 1. The van der Waals surface area contributed by atoms with Crippen LogP contribution in [0, 0.1) is 5.92 Å². The molecule has 0 spiro atoms. The molecule has 2 unspecified atom stereocenters. The Morgan fingerprint density at radius 3 is 2.53 bits per heavy atom. The molecule has 1 heterocycles. The largest absolute Gasteiger partial charge is 0.307 e. The van der Waals surface area contributed by atoms with Crippen LogP contribution in [0.3, 0.4) is 0 Å². The first kappa shape index (κ1) is 11.2. The molecule has 2 aliphatic rings. The van der Waals surface area contributed by atoms with E-state index in [9.17, 15) is 0 Å². The monoisotopic (exact) mass is 230 g/mol. The predicted molar refractivity (Wildman–Crippen MR) is 70.9 cm³/mol. The van der Waals surface area contributed by atoms with Crippen LogP contribution < -0.4 is 5.32 Å². The fourth-order valence-electron chi connectivity index (χ4n) is 3.08. The van der Waals surface area contributed by atoms with E-state index in [1.807, 2.05) is 0 Å². The molecule has 1 aromatic rings. The number of nitrogens with one attached hydrogen (secondary N) is 1. The van der Waals surface area contributed by atoms with Crippen molar-refractivity contribution in [1.29, 1.82) is 0 Å². The molecular formula is C15H22N2. The minimum Gasteiger partial charge on any atom is -0.307 e. The van der Waals surface area contributed by atoms with Crippen LogP contribution in [0.1, 0.15) is 31.4 Å². The van der Waals surface area contributed by atoms with Gasteiger partial charge in [-0.1, -0.05) is 30.3 Å². The van der Waals surface area contributed by atoms with Gasteiger partial charge in [-0.3, -0.25) is 4.90 Å². The van der Waals surface area contributed by atoms with Gasteiger partial charge < -0.3 is 5.32 Å². The number of nitrogens with zero attached hydrogens (tertiary/aromatic N) is 1. The van der Waals surface area contributed by atoms with Crippen molar-refractivity contribution < 1.29 is 0 Å². The van der Waals surface area contributed by atoms with Gasteiger partial charge in [-0.25, -0.2) is 0 Å². The third kappa shape index (κ3) is 2.00. The molecular weight excluding hydrogens is 208 g/mol. The van der Waals surface area contributed by atoms with E-state index in [4.69, 9.17) is 0 Å². The number of hydrogen-bond acceptors (Lipinski definition) is 2. The van der Waals surface area contributed by atoms with Crippen molar-refractivity contribution in [2.24, 2.45) is 5.92 Å². The predicted octanol–water partition coefficient (Wildman–Crippen LogP) is 2.43. The standard InChI is InChI=1S/C15H22N2/c1-15(13-8-9-13)11-16-14(10-17(15)2)12-6-4-3-5-7-12/h3-7,13-14,16H,8-11H2,1-2H3. The highest BCUT2D eigenvalue weighted by Gasteiger charge is 2.46. The van der Waals surface area contributed by atoms with Crippen molar-refractivity contribution in [2.45, 2.75) is 31.3 Å². The van der Waals surface area contributed by atoms with Crippen LogP contribution in [-0.2, 0) is 0 Å². The molecule has 2 nitrogen and oxygen atoms in total. The molecule has 92 valence electrons. The summed E-state index contributed by atoms with van der Waals surface area (Å²) in [5.41, 5.74) is 1.79. The molecule has 0 bridgehead atoms. The van der Waals surface area contributed by atoms with E-state index >= 15 is 0 Å². The van der Waals surface area contributed by atoms with Crippen molar-refractivity contribution in [2.75, 3.05) is 20.1 Å². The summed E-state index contributed by atoms with van der Waals surface area (Å²) in [6.07, 6.45) is 2.83. The van der Waals surface area contributed by atoms with Crippen LogP contribution in [0.4, 0.5) is 0 Å². The zero-order valence-corrected chi connectivity index (χ0v) is 10.8. The highest BCUT2D eigenvalue weighted by molar-refractivity contribution is 5.21. The zero-order valence-electron chi connectivity index (χ0n) is 10.8. The van der Waals surface area contributed by atoms with E-state index in [1.165, 1.54) is 18.4 Å². The van der Waals surface area contributed by atoms with Crippen LogP contribution >= 0.6 is 0 Å². The first-order valence-electron chi connectivity index (χ1n) is 6.70. The lowest BCUT2D eigenvalue weighted by molar-refractivity contribution is 0.0600. The molecule has 2 fully saturated rings. The maximum atomic E-state index is 3.74. The van der Waals surface area contributed by atoms with E-state index in [0.717, 1.165) is 19.0 Å². The molecule has 0 aromatic heterocycles. The summed E-state index contributed by atoms with van der Waals surface area (Å²) in [6.45, 7) is 4.66. The number of piperazine rings is 1. The quantitative estimate of drug-likeness (QED) is 0.839. The van der Waals surface area contributed by atoms with Gasteiger partial charge in [0.15, 0.2) is 0 Å². The molecule has 0 amide bonds. The Bertz CT molecular complexity index is 385. The Labute approximate surface area is 104 Å². The third-order valence-corrected chi connectivity index (χ3v) is 4.69. The van der Waals surface area contributed by atoms with Gasteiger partial charge in [0.2, 0.25) is 0 Å². The fourth-order valence-corrected chi connectivity index (χ4v) is 3.08. The SMILES string of the molecule is CN1CC(c2ccccc2)NCC1(C)C1CC1. The second kappa shape index (κ2) is 4.11. The maximum Gasteiger partial charge on any atom is 0.0450 e. The van der Waals surface area contributed by atoms with Gasteiger partial charge in [0, 0.05) is 24.7 Å². The molecule has 17 heavy (non-hydrogen) atoms. The van der Waals surface area contributed by atoms with Crippen molar-refractivity contribution in [1.82, 2.24) is 10.2 Å². The van der Waals surface area contributed by atoms with Gasteiger partial charge in [0.25, 0.3) is 0 Å². The van der Waals surface area contributed by atoms with Crippen molar-refractivity contribution in [3.63, 3.8) is 0 Å². The van der Waals surface area contributed by atoms with Gasteiger partial charge in [-0.15, -0.1) is 0 Å². The number of rotatable bonds is 2. The smallest absolute Gasteiger partial charge is 0.0450 e. The second-order valence-corrected chi connectivity index (χ2v) is 5.86. The van der Waals surface area contributed by atoms with Crippen LogP contribution in [-0.4, -0.2) is 30.6 Å². The first-order chi connectivity index (χ1) is 8.20. The van der Waals surface area contributed by atoms with E-state index < -0.39 is 0 Å². The lowest BCUT2D eigenvalue weighted by Gasteiger charge is -2.47. The van der Waals surface area contributed by atoms with Crippen LogP contribution in [0.15, 0.2) is 30.3 Å². The Hall–Kier alpha value is -0.860. The van der Waals surface area contributed by atoms with Crippen LogP contribution in [0.2, 0.25) is 0 Å². The van der Waals surface area contributed by atoms with Crippen LogP contribution in [0.5, 0.6) is 0 Å². The highest BCUT2D eigenvalue weighted by atomic mass is 15.3. The Morgan fingerprint density at radius 2 is 1.94 bits per heavy atom. The van der Waals surface area contributed by atoms with E-state index in [-0.39, 0.29) is 0 Å². The van der Waals surface area contributed by atoms with Crippen molar-refractivity contribution in [3.8, 4) is 0 Å². The van der Waals surface area contributed by atoms with Crippen LogP contribution in [0.25, 0.3) is 0 Å². The van der Waals surface area contributed by atoms with Gasteiger partial charge in [0.1, 0.15) is 0 Å². The summed E-state index contributed by atoms with van der Waals surface area (Å²) < 4.78 is 0. The topological polar surface area (TPSA) is 15.3 Å². The van der Waals surface area contributed by atoms with Gasteiger partial charge >= 0.3 is 0 Å². The van der Waals surface area contributed by atoms with Gasteiger partial charge in [-0.2, -0.15) is 0 Å². The second-order valence-electron chi connectivity index (χ2n) is 5.86. The van der Waals surface area contributed by atoms with Crippen molar-refractivity contribution >= 4 is 0 Å². The zero-order chi connectivity index (χ0) is 11.9. The summed E-state index contributed by atoms with van der Waals surface area (Å²) >= 11 is 0. The van der Waals surface area contributed by atoms with Gasteiger partial charge in [0.05, 0.1) is 0 Å². The Kier molecular flexibility index (Phi) is 2.72. The molecule has 1 aliphatic heterocycles. The van der Waals surface area contributed by atoms with E-state index in [1.54, 1.807) is 0 Å². The summed E-state index contributed by atoms with van der Waals surface area (Å²) in [5, 5.41) is 3.74. The summed E-state index contributed by atoms with van der Waals surface area (Å²) in [5.74, 6) is 0.914. The average Bonchev–Trinajstić information content (AvgIpc) is 3.18. The normalized spacial score (nSPS) is 34.8. The Balaban J connectivity index is 1.73. The lowest BCUT2D eigenvalue weighted by atomic mass is 9.89. The summed E-state index contributed by atoms with van der Waals surface area (Å²) in [7, 11) is 2.29.